The minimum absolute atomic E-state index is 0.0573. The Bertz CT molecular complexity index is 1570. The van der Waals surface area contributed by atoms with Crippen LogP contribution in [0.25, 0.3) is 0 Å². The maximum atomic E-state index is 12.7. The SMILES string of the molecule is C=CC(=O)OCCCCCCOC(=O)Cc1ccc(C(=O)Oc2ccc(OC(=O)c3ccc(OC(=O)OCCCCCCOC(=O)C=C)cc3)cc2)cc1. The van der Waals surface area contributed by atoms with Gasteiger partial charge in [0, 0.05) is 12.2 Å². The Kier molecular flexibility index (Phi) is 18.8. The predicted octanol–water partition coefficient (Wildman–Crippen LogP) is 7.31. The zero-order valence-corrected chi connectivity index (χ0v) is 30.0. The molecule has 54 heavy (non-hydrogen) atoms. The molecule has 0 aliphatic heterocycles. The second-order valence-corrected chi connectivity index (χ2v) is 11.6. The minimum Gasteiger partial charge on any atom is -0.465 e. The molecule has 0 N–H and O–H groups in total. The summed E-state index contributed by atoms with van der Waals surface area (Å²) in [6, 6.07) is 18.1. The molecular formula is C41H44O13. The van der Waals surface area contributed by atoms with Crippen LogP contribution in [0.3, 0.4) is 0 Å². The Labute approximate surface area is 313 Å². The lowest BCUT2D eigenvalue weighted by Crippen LogP contribution is -2.12. The van der Waals surface area contributed by atoms with Crippen molar-refractivity contribution in [1.29, 1.82) is 0 Å². The Morgan fingerprint density at radius 2 is 0.815 bits per heavy atom. The first-order valence-corrected chi connectivity index (χ1v) is 17.5. The fraction of sp³-hybridized carbons (Fsp3) is 0.317. The van der Waals surface area contributed by atoms with Crippen molar-refractivity contribution in [1.82, 2.24) is 0 Å². The van der Waals surface area contributed by atoms with Gasteiger partial charge in [-0.3, -0.25) is 4.79 Å². The normalized spacial score (nSPS) is 10.3. The third-order valence-electron chi connectivity index (χ3n) is 7.46. The molecule has 3 aromatic rings. The summed E-state index contributed by atoms with van der Waals surface area (Å²) >= 11 is 0. The molecule has 0 spiro atoms. The van der Waals surface area contributed by atoms with E-state index in [1.54, 1.807) is 24.3 Å². The summed E-state index contributed by atoms with van der Waals surface area (Å²) < 4.78 is 36.1. The second kappa shape index (κ2) is 24.1. The number of hydrogen-bond acceptors (Lipinski definition) is 13. The number of unbranched alkanes of at least 4 members (excludes halogenated alkanes) is 6. The van der Waals surface area contributed by atoms with Crippen molar-refractivity contribution >= 4 is 36.0 Å². The molecule has 13 nitrogen and oxygen atoms in total. The molecule has 0 fully saturated rings. The molecule has 0 amide bonds. The van der Waals surface area contributed by atoms with Crippen molar-refractivity contribution in [2.75, 3.05) is 26.4 Å². The number of ether oxygens (including phenoxy) is 7. The van der Waals surface area contributed by atoms with Crippen molar-refractivity contribution in [3.8, 4) is 17.2 Å². The monoisotopic (exact) mass is 744 g/mol. The lowest BCUT2D eigenvalue weighted by atomic mass is 10.1. The van der Waals surface area contributed by atoms with Gasteiger partial charge < -0.3 is 33.2 Å². The van der Waals surface area contributed by atoms with Crippen LogP contribution in [0, 0.1) is 0 Å². The molecule has 0 radical (unpaired) electrons. The summed E-state index contributed by atoms with van der Waals surface area (Å²) in [7, 11) is 0. The first kappa shape index (κ1) is 42.2. The van der Waals surface area contributed by atoms with Crippen LogP contribution in [0.5, 0.6) is 17.2 Å². The highest BCUT2D eigenvalue weighted by Crippen LogP contribution is 2.21. The second-order valence-electron chi connectivity index (χ2n) is 11.6. The van der Waals surface area contributed by atoms with Gasteiger partial charge >= 0.3 is 36.0 Å². The summed E-state index contributed by atoms with van der Waals surface area (Å²) in [5.74, 6) is -1.92. The first-order chi connectivity index (χ1) is 26.2. The molecule has 0 bridgehead atoms. The van der Waals surface area contributed by atoms with Crippen molar-refractivity contribution < 1.29 is 61.9 Å². The molecule has 0 saturated heterocycles. The van der Waals surface area contributed by atoms with Gasteiger partial charge in [-0.15, -0.1) is 0 Å². The Morgan fingerprint density at radius 3 is 1.26 bits per heavy atom. The third kappa shape index (κ3) is 16.9. The summed E-state index contributed by atoms with van der Waals surface area (Å²) in [4.78, 5) is 71.4. The highest BCUT2D eigenvalue weighted by atomic mass is 16.7. The Balaban J connectivity index is 1.31. The molecule has 3 rings (SSSR count). The zero-order chi connectivity index (χ0) is 39.0. The molecule has 0 saturated carbocycles. The molecule has 0 aliphatic carbocycles. The zero-order valence-electron chi connectivity index (χ0n) is 30.0. The number of benzene rings is 3. The van der Waals surface area contributed by atoms with Crippen LogP contribution in [0.1, 0.15) is 77.6 Å². The van der Waals surface area contributed by atoms with Crippen molar-refractivity contribution in [2.24, 2.45) is 0 Å². The van der Waals surface area contributed by atoms with Crippen molar-refractivity contribution in [3.05, 3.63) is 115 Å². The van der Waals surface area contributed by atoms with E-state index in [-0.39, 0.29) is 47.4 Å². The number of carbonyl (C=O) groups is 6. The van der Waals surface area contributed by atoms with Gasteiger partial charge in [-0.1, -0.05) is 25.3 Å². The number of rotatable bonds is 23. The van der Waals surface area contributed by atoms with E-state index >= 15 is 0 Å². The van der Waals surface area contributed by atoms with Gasteiger partial charge in [0.15, 0.2) is 0 Å². The van der Waals surface area contributed by atoms with Crippen molar-refractivity contribution in [3.63, 3.8) is 0 Å². The van der Waals surface area contributed by atoms with E-state index in [1.165, 1.54) is 48.5 Å². The van der Waals surface area contributed by atoms with Crippen LogP contribution in [0.15, 0.2) is 98.1 Å². The summed E-state index contributed by atoms with van der Waals surface area (Å²) in [6.07, 6.45) is 7.44. The molecule has 3 aromatic carbocycles. The minimum atomic E-state index is -0.872. The lowest BCUT2D eigenvalue weighted by Gasteiger charge is -2.09. The van der Waals surface area contributed by atoms with Gasteiger partial charge in [-0.25, -0.2) is 24.0 Å². The van der Waals surface area contributed by atoms with Gasteiger partial charge in [0.25, 0.3) is 0 Å². The van der Waals surface area contributed by atoms with Gasteiger partial charge in [0.2, 0.25) is 0 Å². The van der Waals surface area contributed by atoms with E-state index in [2.05, 4.69) is 13.2 Å². The van der Waals surface area contributed by atoms with Gasteiger partial charge in [-0.2, -0.15) is 0 Å². The molecule has 0 unspecified atom stereocenters. The van der Waals surface area contributed by atoms with Crippen LogP contribution >= 0.6 is 0 Å². The fourth-order valence-corrected chi connectivity index (χ4v) is 4.59. The summed E-state index contributed by atoms with van der Waals surface area (Å²) in [5.41, 5.74) is 1.16. The molecule has 0 aliphatic rings. The summed E-state index contributed by atoms with van der Waals surface area (Å²) in [6.45, 7) is 7.77. The first-order valence-electron chi connectivity index (χ1n) is 17.5. The Hall–Kier alpha value is -6.24. The standard InChI is InChI=1S/C41H44O13/c1-3-36(42)48-25-9-5-6-11-27-50-38(44)29-30-13-15-31(16-14-30)39(45)52-33-21-23-34(24-22-33)53-40(46)32-17-19-35(20-18-32)54-41(47)51-28-12-8-7-10-26-49-37(43)4-2/h3-4,13-24H,1-2,5-12,25-29H2. The van der Waals surface area contributed by atoms with Crippen LogP contribution in [-0.4, -0.2) is 62.4 Å². The van der Waals surface area contributed by atoms with E-state index in [0.717, 1.165) is 44.3 Å². The third-order valence-corrected chi connectivity index (χ3v) is 7.46. The highest BCUT2D eigenvalue weighted by molar-refractivity contribution is 5.92. The largest absolute Gasteiger partial charge is 0.513 e. The number of esters is 5. The van der Waals surface area contributed by atoms with Crippen LogP contribution in [-0.2, 0) is 39.8 Å². The topological polar surface area (TPSA) is 167 Å². The van der Waals surface area contributed by atoms with E-state index in [1.807, 2.05) is 0 Å². The van der Waals surface area contributed by atoms with Crippen LogP contribution in [0.2, 0.25) is 0 Å². The predicted molar refractivity (Wildman–Crippen MR) is 195 cm³/mol. The van der Waals surface area contributed by atoms with Crippen LogP contribution < -0.4 is 14.2 Å². The smallest absolute Gasteiger partial charge is 0.465 e. The molecule has 0 heterocycles. The van der Waals surface area contributed by atoms with E-state index in [4.69, 9.17) is 33.2 Å². The van der Waals surface area contributed by atoms with Crippen LogP contribution in [0.4, 0.5) is 4.79 Å². The summed E-state index contributed by atoms with van der Waals surface area (Å²) in [5, 5.41) is 0. The fourth-order valence-electron chi connectivity index (χ4n) is 4.59. The molecule has 0 aromatic heterocycles. The maximum Gasteiger partial charge on any atom is 0.513 e. The molecule has 0 atom stereocenters. The Morgan fingerprint density at radius 1 is 0.444 bits per heavy atom. The number of hydrogen-bond donors (Lipinski definition) is 0. The molecular weight excluding hydrogens is 700 g/mol. The van der Waals surface area contributed by atoms with Gasteiger partial charge in [0.05, 0.1) is 44.0 Å². The quantitative estimate of drug-likeness (QED) is 0.0237. The van der Waals surface area contributed by atoms with E-state index in [0.29, 0.717) is 44.6 Å². The van der Waals surface area contributed by atoms with Gasteiger partial charge in [-0.05, 0) is 118 Å². The van der Waals surface area contributed by atoms with E-state index in [9.17, 15) is 28.8 Å². The maximum absolute atomic E-state index is 12.7. The van der Waals surface area contributed by atoms with Crippen molar-refractivity contribution in [2.45, 2.75) is 57.8 Å². The van der Waals surface area contributed by atoms with Gasteiger partial charge in [0.1, 0.15) is 17.2 Å². The lowest BCUT2D eigenvalue weighted by molar-refractivity contribution is -0.143. The molecule has 286 valence electrons. The number of carbonyl (C=O) groups excluding carboxylic acids is 6. The average molecular weight is 745 g/mol. The molecule has 13 heteroatoms. The van der Waals surface area contributed by atoms with E-state index < -0.39 is 30.0 Å². The highest BCUT2D eigenvalue weighted by Gasteiger charge is 2.14. The average Bonchev–Trinajstić information content (AvgIpc) is 3.17.